The highest BCUT2D eigenvalue weighted by atomic mass is 19.4. The van der Waals surface area contributed by atoms with Crippen molar-refractivity contribution in [3.05, 3.63) is 47.9 Å². The van der Waals surface area contributed by atoms with E-state index in [-0.39, 0.29) is 22.5 Å². The van der Waals surface area contributed by atoms with Crippen LogP contribution >= 0.6 is 0 Å². The van der Waals surface area contributed by atoms with E-state index in [0.29, 0.717) is 0 Å². The van der Waals surface area contributed by atoms with Crippen LogP contribution in [0.3, 0.4) is 0 Å². The monoisotopic (exact) mass is 308 g/mol. The van der Waals surface area contributed by atoms with Crippen molar-refractivity contribution in [1.29, 1.82) is 0 Å². The zero-order valence-corrected chi connectivity index (χ0v) is 10.7. The predicted molar refractivity (Wildman–Crippen MR) is 68.2 cm³/mol. The van der Waals surface area contributed by atoms with E-state index in [2.05, 4.69) is 15.3 Å². The minimum atomic E-state index is -4.50. The second kappa shape index (κ2) is 4.79. The third kappa shape index (κ3) is 2.36. The molecule has 0 bridgehead atoms. The second-order valence-electron chi connectivity index (χ2n) is 4.43. The van der Waals surface area contributed by atoms with Crippen molar-refractivity contribution in [3.63, 3.8) is 0 Å². The van der Waals surface area contributed by atoms with Gasteiger partial charge in [-0.15, -0.1) is 10.2 Å². The Morgan fingerprint density at radius 2 is 2.00 bits per heavy atom. The van der Waals surface area contributed by atoms with Gasteiger partial charge in [0.2, 0.25) is 0 Å². The van der Waals surface area contributed by atoms with Crippen LogP contribution in [0.5, 0.6) is 0 Å². The molecule has 1 N–H and O–H groups in total. The Bertz CT molecular complexity index is 873. The molecule has 2 heterocycles. The number of aromatic nitrogens is 4. The molecule has 0 saturated carbocycles. The molecule has 112 valence electrons. The second-order valence-corrected chi connectivity index (χ2v) is 4.43. The highest BCUT2D eigenvalue weighted by Crippen LogP contribution is 2.33. The van der Waals surface area contributed by atoms with E-state index in [4.69, 9.17) is 5.11 Å². The van der Waals surface area contributed by atoms with Gasteiger partial charge < -0.3 is 5.11 Å². The first kappa shape index (κ1) is 14.0. The zero-order chi connectivity index (χ0) is 15.9. The summed E-state index contributed by atoms with van der Waals surface area (Å²) in [5, 5.41) is 20.2. The van der Waals surface area contributed by atoms with Crippen molar-refractivity contribution in [2.75, 3.05) is 0 Å². The molecule has 2 aromatic heterocycles. The molecule has 9 heteroatoms. The SMILES string of the molecule is O=C(O)c1cc(-c2cccc(C(F)(F)F)c2)c2nncn2n1. The van der Waals surface area contributed by atoms with Crippen molar-refractivity contribution >= 4 is 11.6 Å². The van der Waals surface area contributed by atoms with Gasteiger partial charge in [-0.05, 0) is 23.8 Å². The average Bonchev–Trinajstić information content (AvgIpc) is 2.93. The van der Waals surface area contributed by atoms with Gasteiger partial charge in [0.25, 0.3) is 0 Å². The third-order valence-electron chi connectivity index (χ3n) is 2.99. The van der Waals surface area contributed by atoms with Gasteiger partial charge in [0, 0.05) is 5.56 Å². The van der Waals surface area contributed by atoms with Gasteiger partial charge in [-0.1, -0.05) is 12.1 Å². The minimum Gasteiger partial charge on any atom is -0.476 e. The summed E-state index contributed by atoms with van der Waals surface area (Å²) in [7, 11) is 0. The topological polar surface area (TPSA) is 80.4 Å². The molecule has 6 nitrogen and oxygen atoms in total. The van der Waals surface area contributed by atoms with Crippen LogP contribution in [0.4, 0.5) is 13.2 Å². The smallest absolute Gasteiger partial charge is 0.416 e. The number of halogens is 3. The van der Waals surface area contributed by atoms with E-state index in [1.807, 2.05) is 0 Å². The Hall–Kier alpha value is -2.97. The number of rotatable bonds is 2. The summed E-state index contributed by atoms with van der Waals surface area (Å²) >= 11 is 0. The van der Waals surface area contributed by atoms with E-state index < -0.39 is 17.7 Å². The summed E-state index contributed by atoms with van der Waals surface area (Å²) in [6, 6.07) is 5.71. The first-order valence-electron chi connectivity index (χ1n) is 5.98. The first-order chi connectivity index (χ1) is 10.4. The van der Waals surface area contributed by atoms with Crippen LogP contribution in [0.1, 0.15) is 16.1 Å². The number of carboxylic acid groups (broad SMARTS) is 1. The molecule has 0 aliphatic carbocycles. The molecule has 0 unspecified atom stereocenters. The summed E-state index contributed by atoms with van der Waals surface area (Å²) in [5.41, 5.74) is -0.603. The number of carboxylic acids is 1. The molecule has 0 spiro atoms. The Morgan fingerprint density at radius 3 is 2.68 bits per heavy atom. The van der Waals surface area contributed by atoms with Crippen LogP contribution in [0.25, 0.3) is 16.8 Å². The molecule has 0 fully saturated rings. The number of fused-ring (bicyclic) bond motifs is 1. The lowest BCUT2D eigenvalue weighted by Gasteiger charge is -2.09. The largest absolute Gasteiger partial charge is 0.476 e. The first-order valence-corrected chi connectivity index (χ1v) is 5.98. The zero-order valence-electron chi connectivity index (χ0n) is 10.7. The molecular weight excluding hydrogens is 301 g/mol. The van der Waals surface area contributed by atoms with E-state index in [9.17, 15) is 18.0 Å². The number of alkyl halides is 3. The average molecular weight is 308 g/mol. The summed E-state index contributed by atoms with van der Waals surface area (Å²) in [4.78, 5) is 11.1. The van der Waals surface area contributed by atoms with Crippen LogP contribution < -0.4 is 0 Å². The maximum Gasteiger partial charge on any atom is 0.416 e. The van der Waals surface area contributed by atoms with E-state index in [1.54, 1.807) is 0 Å². The number of nitrogens with zero attached hydrogens (tertiary/aromatic N) is 4. The molecule has 0 saturated heterocycles. The predicted octanol–water partition coefficient (Wildman–Crippen LogP) is 2.51. The molecule has 0 radical (unpaired) electrons. The lowest BCUT2D eigenvalue weighted by atomic mass is 10.0. The molecule has 0 aliphatic heterocycles. The summed E-state index contributed by atoms with van der Waals surface area (Å²) in [6.45, 7) is 0. The van der Waals surface area contributed by atoms with Crippen molar-refractivity contribution in [3.8, 4) is 11.1 Å². The van der Waals surface area contributed by atoms with Crippen LogP contribution in [0.15, 0.2) is 36.7 Å². The number of aromatic carboxylic acids is 1. The lowest BCUT2D eigenvalue weighted by Crippen LogP contribution is -2.07. The van der Waals surface area contributed by atoms with Crippen LogP contribution in [-0.2, 0) is 6.18 Å². The highest BCUT2D eigenvalue weighted by Gasteiger charge is 2.30. The Kier molecular flexibility index (Phi) is 3.05. The fourth-order valence-electron chi connectivity index (χ4n) is 2.01. The van der Waals surface area contributed by atoms with Crippen LogP contribution in [0.2, 0.25) is 0 Å². The normalized spacial score (nSPS) is 11.8. The number of hydrogen-bond acceptors (Lipinski definition) is 4. The third-order valence-corrected chi connectivity index (χ3v) is 2.99. The number of carbonyl (C=O) groups is 1. The standard InChI is InChI=1S/C13H7F3N4O2/c14-13(15,16)8-3-1-2-7(4-8)9-5-10(12(21)22)19-20-6-17-18-11(9)20/h1-6H,(H,21,22). The molecule has 0 atom stereocenters. The van der Waals surface area contributed by atoms with Gasteiger partial charge in [-0.3, -0.25) is 0 Å². The van der Waals surface area contributed by atoms with Crippen molar-refractivity contribution in [2.45, 2.75) is 6.18 Å². The number of hydrogen-bond donors (Lipinski definition) is 1. The maximum absolute atomic E-state index is 12.8. The van der Waals surface area contributed by atoms with Crippen molar-refractivity contribution in [1.82, 2.24) is 19.8 Å². The van der Waals surface area contributed by atoms with Crippen molar-refractivity contribution in [2.24, 2.45) is 0 Å². The molecule has 3 rings (SSSR count). The van der Waals surface area contributed by atoms with E-state index in [0.717, 1.165) is 16.6 Å². The van der Waals surface area contributed by atoms with Gasteiger partial charge >= 0.3 is 12.1 Å². The molecule has 0 amide bonds. The van der Waals surface area contributed by atoms with E-state index >= 15 is 0 Å². The van der Waals surface area contributed by atoms with Gasteiger partial charge in [0.15, 0.2) is 11.3 Å². The fraction of sp³-hybridized carbons (Fsp3) is 0.0769. The Morgan fingerprint density at radius 1 is 1.23 bits per heavy atom. The summed E-state index contributed by atoms with van der Waals surface area (Å²) < 4.78 is 39.5. The van der Waals surface area contributed by atoms with Crippen LogP contribution in [0, 0.1) is 0 Å². The summed E-state index contributed by atoms with van der Waals surface area (Å²) in [6.07, 6.45) is -3.32. The molecule has 22 heavy (non-hydrogen) atoms. The summed E-state index contributed by atoms with van der Waals surface area (Å²) in [5.74, 6) is -1.30. The molecule has 0 aliphatic rings. The van der Waals surface area contributed by atoms with Gasteiger partial charge in [0.05, 0.1) is 5.56 Å². The van der Waals surface area contributed by atoms with Gasteiger partial charge in [-0.2, -0.15) is 22.8 Å². The van der Waals surface area contributed by atoms with Gasteiger partial charge in [0.1, 0.15) is 6.33 Å². The Labute approximate surface area is 120 Å². The number of benzene rings is 1. The highest BCUT2D eigenvalue weighted by molar-refractivity contribution is 5.89. The maximum atomic E-state index is 12.8. The van der Waals surface area contributed by atoms with Crippen molar-refractivity contribution < 1.29 is 23.1 Å². The molecule has 1 aromatic carbocycles. The molecular formula is C13H7F3N4O2. The van der Waals surface area contributed by atoms with Gasteiger partial charge in [-0.25, -0.2) is 4.79 Å². The fourth-order valence-corrected chi connectivity index (χ4v) is 2.01. The van der Waals surface area contributed by atoms with Crippen LogP contribution in [-0.4, -0.2) is 30.9 Å². The minimum absolute atomic E-state index is 0.171. The quantitative estimate of drug-likeness (QED) is 0.786. The molecule has 3 aromatic rings. The lowest BCUT2D eigenvalue weighted by molar-refractivity contribution is -0.137. The Balaban J connectivity index is 2.25. The van der Waals surface area contributed by atoms with E-state index in [1.165, 1.54) is 24.5 Å².